The van der Waals surface area contributed by atoms with Crippen molar-refractivity contribution in [3.8, 4) is 5.75 Å². The highest BCUT2D eigenvalue weighted by molar-refractivity contribution is 6.39. The third kappa shape index (κ3) is 5.90. The minimum absolute atomic E-state index is 0.197. The van der Waals surface area contributed by atoms with Crippen molar-refractivity contribution in [2.24, 2.45) is 0 Å². The first kappa shape index (κ1) is 23.4. The molecular weight excluding hydrogens is 451 g/mol. The molecule has 0 aliphatic carbocycles. The molecule has 3 aromatic rings. The molecule has 2 aromatic carbocycles. The molecule has 1 aromatic heterocycles. The number of benzene rings is 2. The highest BCUT2D eigenvalue weighted by atomic mass is 35.5. The number of anilines is 3. The molecule has 7 nitrogen and oxygen atoms in total. The summed E-state index contributed by atoms with van der Waals surface area (Å²) in [4.78, 5) is 31.0. The predicted molar refractivity (Wildman–Crippen MR) is 127 cm³/mol. The molecule has 0 aliphatic heterocycles. The number of amides is 2. The fourth-order valence-electron chi connectivity index (χ4n) is 2.90. The van der Waals surface area contributed by atoms with Crippen molar-refractivity contribution in [1.82, 2.24) is 9.88 Å². The van der Waals surface area contributed by atoms with E-state index >= 15 is 0 Å². The Morgan fingerprint density at radius 2 is 1.72 bits per heavy atom. The summed E-state index contributed by atoms with van der Waals surface area (Å²) in [5, 5.41) is 6.41. The molecule has 2 N–H and O–H groups in total. The van der Waals surface area contributed by atoms with Gasteiger partial charge in [0.25, 0.3) is 5.91 Å². The van der Waals surface area contributed by atoms with Gasteiger partial charge in [0.2, 0.25) is 5.91 Å². The normalized spacial score (nSPS) is 10.4. The minimum Gasteiger partial charge on any atom is -0.494 e. The number of carbonyl (C=O) groups excluding carboxylic acids is 2. The number of carbonyl (C=O) groups is 2. The lowest BCUT2D eigenvalue weighted by Crippen LogP contribution is -2.35. The van der Waals surface area contributed by atoms with Gasteiger partial charge in [-0.2, -0.15) is 0 Å². The third-order valence-corrected chi connectivity index (χ3v) is 5.05. The van der Waals surface area contributed by atoms with Crippen LogP contribution in [0.25, 0.3) is 0 Å². The topological polar surface area (TPSA) is 83.6 Å². The van der Waals surface area contributed by atoms with Crippen molar-refractivity contribution in [2.75, 3.05) is 30.8 Å². The van der Waals surface area contributed by atoms with Gasteiger partial charge in [0.05, 0.1) is 34.4 Å². The first-order valence-corrected chi connectivity index (χ1v) is 10.6. The van der Waals surface area contributed by atoms with E-state index in [4.69, 9.17) is 27.9 Å². The Hall–Kier alpha value is -3.29. The maximum Gasteiger partial charge on any atom is 0.257 e. The van der Waals surface area contributed by atoms with Gasteiger partial charge in [0.15, 0.2) is 0 Å². The monoisotopic (exact) mass is 472 g/mol. The number of likely N-dealkylation sites (N-methyl/N-ethyl adjacent to an activating group) is 1. The van der Waals surface area contributed by atoms with Crippen LogP contribution in [0.3, 0.4) is 0 Å². The Morgan fingerprint density at radius 1 is 1.03 bits per heavy atom. The average molecular weight is 473 g/mol. The number of halogens is 2. The zero-order chi connectivity index (χ0) is 23.1. The van der Waals surface area contributed by atoms with Crippen LogP contribution in [-0.4, -0.2) is 41.9 Å². The molecule has 0 radical (unpaired) electrons. The molecule has 32 heavy (non-hydrogen) atoms. The number of para-hydroxylation sites is 1. The maximum absolute atomic E-state index is 13.0. The molecule has 0 saturated heterocycles. The molecule has 0 aliphatic rings. The Balaban J connectivity index is 1.69. The van der Waals surface area contributed by atoms with E-state index in [1.807, 2.05) is 31.2 Å². The lowest BCUT2D eigenvalue weighted by Gasteiger charge is -2.19. The zero-order valence-electron chi connectivity index (χ0n) is 17.6. The molecule has 2 amide bonds. The number of pyridine rings is 1. The second-order valence-corrected chi connectivity index (χ2v) is 7.60. The van der Waals surface area contributed by atoms with Crippen LogP contribution in [0.15, 0.2) is 60.8 Å². The lowest BCUT2D eigenvalue weighted by molar-refractivity contribution is -0.116. The standard InChI is InChI=1S/C23H22Cl2N4O3/c1-3-32-16-11-9-15(10-12-16)27-22-17(6-5-13-26-22)23(31)29(2)14-20(30)28-21-18(24)7-4-8-19(21)25/h4-13H,3,14H2,1-2H3,(H,26,27)(H,28,30). The van der Waals surface area contributed by atoms with Gasteiger partial charge in [-0.05, 0) is 55.5 Å². The van der Waals surface area contributed by atoms with Crippen LogP contribution in [0, 0.1) is 0 Å². The van der Waals surface area contributed by atoms with E-state index in [0.29, 0.717) is 33.7 Å². The summed E-state index contributed by atoms with van der Waals surface area (Å²) in [7, 11) is 1.53. The number of nitrogens with one attached hydrogen (secondary N) is 2. The Labute approximate surface area is 196 Å². The maximum atomic E-state index is 13.0. The van der Waals surface area contributed by atoms with E-state index in [1.54, 1.807) is 36.5 Å². The first-order chi connectivity index (χ1) is 15.4. The van der Waals surface area contributed by atoms with Gasteiger partial charge in [-0.25, -0.2) is 4.98 Å². The number of nitrogens with zero attached hydrogens (tertiary/aromatic N) is 2. The van der Waals surface area contributed by atoms with Crippen LogP contribution in [0.4, 0.5) is 17.2 Å². The summed E-state index contributed by atoms with van der Waals surface area (Å²) in [5.74, 6) is 0.329. The van der Waals surface area contributed by atoms with Gasteiger partial charge < -0.3 is 20.3 Å². The van der Waals surface area contributed by atoms with Gasteiger partial charge in [0.1, 0.15) is 11.6 Å². The van der Waals surface area contributed by atoms with Crippen LogP contribution in [0.5, 0.6) is 5.75 Å². The summed E-state index contributed by atoms with van der Waals surface area (Å²) >= 11 is 12.2. The molecule has 0 spiro atoms. The minimum atomic E-state index is -0.430. The molecular formula is C23H22Cl2N4O3. The zero-order valence-corrected chi connectivity index (χ0v) is 19.1. The van der Waals surface area contributed by atoms with Crippen LogP contribution in [-0.2, 0) is 4.79 Å². The summed E-state index contributed by atoms with van der Waals surface area (Å²) in [6.07, 6.45) is 1.58. The van der Waals surface area contributed by atoms with Gasteiger partial charge in [-0.15, -0.1) is 0 Å². The number of aromatic nitrogens is 1. The van der Waals surface area contributed by atoms with Crippen molar-refractivity contribution in [3.05, 3.63) is 76.4 Å². The fraction of sp³-hybridized carbons (Fsp3) is 0.174. The van der Waals surface area contributed by atoms with Gasteiger partial charge in [-0.1, -0.05) is 29.3 Å². The molecule has 0 fully saturated rings. The smallest absolute Gasteiger partial charge is 0.257 e. The molecule has 3 rings (SSSR count). The lowest BCUT2D eigenvalue weighted by atomic mass is 10.2. The van der Waals surface area contributed by atoms with E-state index in [0.717, 1.165) is 11.4 Å². The molecule has 166 valence electrons. The summed E-state index contributed by atoms with van der Waals surface area (Å²) in [5.41, 5.74) is 1.38. The van der Waals surface area contributed by atoms with Crippen LogP contribution in [0.1, 0.15) is 17.3 Å². The highest BCUT2D eigenvalue weighted by Gasteiger charge is 2.20. The molecule has 1 heterocycles. The average Bonchev–Trinajstić information content (AvgIpc) is 2.78. The summed E-state index contributed by atoms with van der Waals surface area (Å²) in [6, 6.07) is 15.5. The van der Waals surface area contributed by atoms with E-state index in [-0.39, 0.29) is 12.5 Å². The number of ether oxygens (including phenoxy) is 1. The largest absolute Gasteiger partial charge is 0.494 e. The molecule has 0 unspecified atom stereocenters. The third-order valence-electron chi connectivity index (χ3n) is 4.42. The quantitative estimate of drug-likeness (QED) is 0.468. The Kier molecular flexibility index (Phi) is 7.92. The second-order valence-electron chi connectivity index (χ2n) is 6.79. The van der Waals surface area contributed by atoms with Gasteiger partial charge in [0, 0.05) is 18.9 Å². The summed E-state index contributed by atoms with van der Waals surface area (Å²) in [6.45, 7) is 2.30. The Bertz CT molecular complexity index is 1090. The number of hydrogen-bond acceptors (Lipinski definition) is 5. The van der Waals surface area contributed by atoms with Crippen LogP contribution >= 0.6 is 23.2 Å². The Morgan fingerprint density at radius 3 is 2.38 bits per heavy atom. The summed E-state index contributed by atoms with van der Waals surface area (Å²) < 4.78 is 5.44. The number of hydrogen-bond donors (Lipinski definition) is 2. The molecule has 0 bridgehead atoms. The van der Waals surface area contributed by atoms with E-state index in [9.17, 15) is 9.59 Å². The molecule has 0 saturated carbocycles. The van der Waals surface area contributed by atoms with Crippen molar-refractivity contribution in [2.45, 2.75) is 6.92 Å². The predicted octanol–water partition coefficient (Wildman–Crippen LogP) is 5.24. The number of rotatable bonds is 8. The highest BCUT2D eigenvalue weighted by Crippen LogP contribution is 2.29. The van der Waals surface area contributed by atoms with E-state index < -0.39 is 5.91 Å². The van der Waals surface area contributed by atoms with Crippen LogP contribution in [0.2, 0.25) is 10.0 Å². The second kappa shape index (κ2) is 10.8. The molecule has 9 heteroatoms. The SMILES string of the molecule is CCOc1ccc(Nc2ncccc2C(=O)N(C)CC(=O)Nc2c(Cl)cccc2Cl)cc1. The van der Waals surface area contributed by atoms with Gasteiger partial charge in [-0.3, -0.25) is 9.59 Å². The first-order valence-electron chi connectivity index (χ1n) is 9.83. The molecule has 0 atom stereocenters. The van der Waals surface area contributed by atoms with Crippen molar-refractivity contribution < 1.29 is 14.3 Å². The van der Waals surface area contributed by atoms with Gasteiger partial charge >= 0.3 is 0 Å². The van der Waals surface area contributed by atoms with Crippen molar-refractivity contribution >= 4 is 52.2 Å². The van der Waals surface area contributed by atoms with Crippen molar-refractivity contribution in [3.63, 3.8) is 0 Å². The van der Waals surface area contributed by atoms with E-state index in [2.05, 4.69) is 15.6 Å². The van der Waals surface area contributed by atoms with Crippen molar-refractivity contribution in [1.29, 1.82) is 0 Å². The fourth-order valence-corrected chi connectivity index (χ4v) is 3.40. The van der Waals surface area contributed by atoms with Crippen LogP contribution < -0.4 is 15.4 Å². The van der Waals surface area contributed by atoms with E-state index in [1.165, 1.54) is 11.9 Å².